The van der Waals surface area contributed by atoms with Gasteiger partial charge in [0.25, 0.3) is 0 Å². The van der Waals surface area contributed by atoms with Gasteiger partial charge in [-0.15, -0.1) is 0 Å². The van der Waals surface area contributed by atoms with E-state index in [2.05, 4.69) is 16.0 Å². The Morgan fingerprint density at radius 3 is 1.36 bits per heavy atom. The SMILES string of the molecule is CC(=O)N[C@H]1[C@H](O[C@@H]2[C@H](O)[C@@H](O)[C@H](O[C@H]3[C@H](O)[C@@H](CO)O[C@@H](O[C@H]4[C@@H](O)[C@@H](CO)O[C@@H](O[C@H]5[C@H](O)[C@@H](O)[C@H](OC[C@@H](CO)NC=O)O[C@@H]5CO)[C@@H]4O)[C@@H]3NC(C)=O)O[C@@H]2CO)O[C@H](CO)[C@H](O)[C@@H]1O. The molecule has 5 aliphatic rings. The molecule has 3 amide bonds. The van der Waals surface area contributed by atoms with Crippen molar-refractivity contribution < 1.29 is 138 Å². The largest absolute Gasteiger partial charge is 0.394 e. The van der Waals surface area contributed by atoms with Gasteiger partial charge in [-0.25, -0.2) is 0 Å². The minimum Gasteiger partial charge on any atom is -0.394 e. The van der Waals surface area contributed by atoms with Crippen molar-refractivity contribution in [3.63, 3.8) is 0 Å². The first-order chi connectivity index (χ1) is 32.8. The molecule has 0 saturated carbocycles. The maximum atomic E-state index is 12.7. The van der Waals surface area contributed by atoms with Crippen LogP contribution in [0.15, 0.2) is 0 Å². The molecule has 0 aromatic rings. The number of amides is 3. The molecule has 5 rings (SSSR count). The van der Waals surface area contributed by atoms with E-state index in [1.807, 2.05) is 0 Å². The summed E-state index contributed by atoms with van der Waals surface area (Å²) in [4.78, 5) is 35.5. The summed E-state index contributed by atoms with van der Waals surface area (Å²) in [6.45, 7) is -3.65. The third kappa shape index (κ3) is 13.2. The van der Waals surface area contributed by atoms with Crippen LogP contribution in [0.3, 0.4) is 0 Å². The van der Waals surface area contributed by atoms with E-state index in [9.17, 15) is 91.0 Å². The Hall–Kier alpha value is -2.59. The van der Waals surface area contributed by atoms with Crippen LogP contribution < -0.4 is 16.0 Å². The maximum absolute atomic E-state index is 12.7. The van der Waals surface area contributed by atoms with Crippen LogP contribution in [0.4, 0.5) is 0 Å². The molecule has 5 aliphatic heterocycles. The molecule has 0 radical (unpaired) electrons. The second kappa shape index (κ2) is 25.9. The molecule has 0 aliphatic carbocycles. The number of hydrogen-bond donors (Lipinski definition) is 18. The van der Waals surface area contributed by atoms with Crippen LogP contribution in [0, 0.1) is 0 Å². The summed E-state index contributed by atoms with van der Waals surface area (Å²) in [5.74, 6) is -1.57. The maximum Gasteiger partial charge on any atom is 0.217 e. The average Bonchev–Trinajstić information content (AvgIpc) is 3.32. The standard InChI is InChI=1S/C38H65N3O28/c1-11(49)40-19-24(54)21(51)14(4-43)61-34(19)66-30-18(8-47)65-37(28(58)26(30)56)68-32-20(41-12(2)50)35(62-15(5-44)22(32)52)69-33-23(53)16(6-45)63-38(29(33)59)67-31-17(7-46)64-36(27(57)25(31)55)60-9-13(3-42)39-10-48/h10,13-38,42-47,51-59H,3-9H2,1-2H3,(H,39,48)(H,40,49)(H,41,50)/t13-,14-,15-,16-,17-,18-,19-,20-,21+,22-,23+,24-,25-,26-,27-,28-,29-,30+,31-,32-,33+,34+,35+,36-,37+,38+/m1/s1. The molecule has 400 valence electrons. The zero-order valence-electron chi connectivity index (χ0n) is 37.1. The molecular weight excluding hydrogens is 946 g/mol. The molecule has 5 fully saturated rings. The highest BCUT2D eigenvalue weighted by Crippen LogP contribution is 2.36. The highest BCUT2D eigenvalue weighted by atomic mass is 16.8. The van der Waals surface area contributed by atoms with E-state index >= 15 is 0 Å². The van der Waals surface area contributed by atoms with Gasteiger partial charge in [-0.05, 0) is 0 Å². The summed E-state index contributed by atoms with van der Waals surface area (Å²) in [6.07, 6.45) is -42.3. The number of aliphatic hydroxyl groups is 15. The lowest BCUT2D eigenvalue weighted by molar-refractivity contribution is -0.384. The monoisotopic (exact) mass is 1010 g/mol. The first-order valence-corrected chi connectivity index (χ1v) is 21.8. The Labute approximate surface area is 391 Å². The molecule has 18 N–H and O–H groups in total. The third-order valence-corrected chi connectivity index (χ3v) is 12.1. The van der Waals surface area contributed by atoms with Crippen LogP contribution in [0.5, 0.6) is 0 Å². The molecule has 31 nitrogen and oxygen atoms in total. The lowest BCUT2D eigenvalue weighted by atomic mass is 9.94. The Morgan fingerprint density at radius 1 is 0.464 bits per heavy atom. The van der Waals surface area contributed by atoms with Gasteiger partial charge in [0.2, 0.25) is 18.2 Å². The van der Waals surface area contributed by atoms with Crippen molar-refractivity contribution in [2.24, 2.45) is 0 Å². The molecule has 5 heterocycles. The lowest BCUT2D eigenvalue weighted by Gasteiger charge is -2.50. The number of carbonyl (C=O) groups is 3. The average molecular weight is 1010 g/mol. The van der Waals surface area contributed by atoms with Gasteiger partial charge in [0.1, 0.15) is 122 Å². The van der Waals surface area contributed by atoms with Crippen molar-refractivity contribution in [1.82, 2.24) is 16.0 Å². The quantitative estimate of drug-likeness (QED) is 0.0475. The van der Waals surface area contributed by atoms with Gasteiger partial charge < -0.3 is 140 Å². The number of aliphatic hydroxyl groups excluding tert-OH is 15. The van der Waals surface area contributed by atoms with Gasteiger partial charge in [0.05, 0.1) is 52.3 Å². The van der Waals surface area contributed by atoms with Gasteiger partial charge in [-0.1, -0.05) is 0 Å². The Morgan fingerprint density at radius 2 is 0.855 bits per heavy atom. The predicted octanol–water partition coefficient (Wildman–Crippen LogP) is -12.5. The van der Waals surface area contributed by atoms with E-state index in [0.717, 1.165) is 13.8 Å². The van der Waals surface area contributed by atoms with Crippen molar-refractivity contribution in [1.29, 1.82) is 0 Å². The summed E-state index contributed by atoms with van der Waals surface area (Å²) in [6, 6.07) is -4.23. The van der Waals surface area contributed by atoms with Gasteiger partial charge >= 0.3 is 0 Å². The van der Waals surface area contributed by atoms with E-state index in [4.69, 9.17) is 47.4 Å². The number of carbonyl (C=O) groups excluding carboxylic acids is 3. The molecule has 0 aromatic heterocycles. The minimum atomic E-state index is -2.17. The van der Waals surface area contributed by atoms with E-state index in [-0.39, 0.29) is 6.41 Å². The molecule has 69 heavy (non-hydrogen) atoms. The van der Waals surface area contributed by atoms with Gasteiger partial charge in [0, 0.05) is 13.8 Å². The molecular formula is C38H65N3O28. The number of nitrogens with one attached hydrogen (secondary N) is 3. The van der Waals surface area contributed by atoms with E-state index < -0.39 is 218 Å². The van der Waals surface area contributed by atoms with E-state index in [0.29, 0.717) is 0 Å². The zero-order chi connectivity index (χ0) is 51.0. The molecule has 0 spiro atoms. The molecule has 0 unspecified atom stereocenters. The van der Waals surface area contributed by atoms with Gasteiger partial charge in [-0.3, -0.25) is 14.4 Å². The smallest absolute Gasteiger partial charge is 0.217 e. The number of hydrogen-bond acceptors (Lipinski definition) is 28. The molecule has 26 atom stereocenters. The van der Waals surface area contributed by atoms with Crippen molar-refractivity contribution in [2.75, 3.05) is 46.2 Å². The van der Waals surface area contributed by atoms with Crippen molar-refractivity contribution in [3.05, 3.63) is 0 Å². The lowest BCUT2D eigenvalue weighted by Crippen LogP contribution is -2.70. The highest BCUT2D eigenvalue weighted by molar-refractivity contribution is 5.73. The number of ether oxygens (including phenoxy) is 10. The van der Waals surface area contributed by atoms with Crippen LogP contribution in [-0.4, -0.2) is 301 Å². The highest BCUT2D eigenvalue weighted by Gasteiger charge is 2.57. The second-order valence-corrected chi connectivity index (χ2v) is 16.9. The second-order valence-electron chi connectivity index (χ2n) is 16.9. The molecule has 5 saturated heterocycles. The normalized spacial score (nSPS) is 45.6. The molecule has 31 heteroatoms. The summed E-state index contributed by atoms with van der Waals surface area (Å²) in [5.41, 5.74) is 0. The van der Waals surface area contributed by atoms with Crippen LogP contribution in [-0.2, 0) is 61.8 Å². The first kappa shape index (κ1) is 57.3. The minimum absolute atomic E-state index is 0.283. The summed E-state index contributed by atoms with van der Waals surface area (Å²) >= 11 is 0. The van der Waals surface area contributed by atoms with E-state index in [1.165, 1.54) is 0 Å². The third-order valence-electron chi connectivity index (χ3n) is 12.1. The Bertz CT molecular complexity index is 1610. The van der Waals surface area contributed by atoms with Crippen LogP contribution in [0.2, 0.25) is 0 Å². The number of rotatable bonds is 21. The van der Waals surface area contributed by atoms with Crippen LogP contribution in [0.25, 0.3) is 0 Å². The fourth-order valence-electron chi connectivity index (χ4n) is 8.42. The fraction of sp³-hybridized carbons (Fsp3) is 0.921. The fourth-order valence-corrected chi connectivity index (χ4v) is 8.42. The van der Waals surface area contributed by atoms with Gasteiger partial charge in [0.15, 0.2) is 31.5 Å². The summed E-state index contributed by atoms with van der Waals surface area (Å²) < 4.78 is 57.1. The molecule has 0 aromatic carbocycles. The van der Waals surface area contributed by atoms with Crippen molar-refractivity contribution in [2.45, 2.75) is 173 Å². The topological polar surface area (TPSA) is 483 Å². The molecule has 0 bridgehead atoms. The van der Waals surface area contributed by atoms with Crippen LogP contribution >= 0.6 is 0 Å². The van der Waals surface area contributed by atoms with Crippen LogP contribution in [0.1, 0.15) is 13.8 Å². The zero-order valence-corrected chi connectivity index (χ0v) is 37.1. The Balaban J connectivity index is 1.35. The summed E-state index contributed by atoms with van der Waals surface area (Å²) in [7, 11) is 0. The van der Waals surface area contributed by atoms with Crippen molar-refractivity contribution >= 4 is 18.2 Å². The van der Waals surface area contributed by atoms with E-state index in [1.54, 1.807) is 0 Å². The van der Waals surface area contributed by atoms with Gasteiger partial charge in [-0.2, -0.15) is 0 Å². The Kier molecular flexibility index (Phi) is 21.5. The summed E-state index contributed by atoms with van der Waals surface area (Å²) in [5, 5.41) is 167. The van der Waals surface area contributed by atoms with Crippen molar-refractivity contribution in [3.8, 4) is 0 Å². The first-order valence-electron chi connectivity index (χ1n) is 21.8. The predicted molar refractivity (Wildman–Crippen MR) is 214 cm³/mol.